The zero-order valence-electron chi connectivity index (χ0n) is 23.4. The van der Waals surface area contributed by atoms with Crippen molar-refractivity contribution in [2.45, 2.75) is 91.4 Å². The molecule has 38 heavy (non-hydrogen) atoms. The maximum Gasteiger partial charge on any atom is 0.310 e. The average molecular weight is 536 g/mol. The van der Waals surface area contributed by atoms with E-state index in [-0.39, 0.29) is 41.8 Å². The summed E-state index contributed by atoms with van der Waals surface area (Å²) in [6, 6.07) is 12.3. The van der Waals surface area contributed by atoms with E-state index in [0.717, 1.165) is 59.5 Å². The molecule has 1 amide bonds. The second-order valence-corrected chi connectivity index (χ2v) is 13.0. The van der Waals surface area contributed by atoms with Crippen LogP contribution in [0.4, 0.5) is 5.69 Å². The number of anilines is 1. The lowest BCUT2D eigenvalue weighted by atomic mass is 9.80. The molecule has 2 fully saturated rings. The van der Waals surface area contributed by atoms with Crippen molar-refractivity contribution in [2.24, 2.45) is 17.3 Å². The lowest BCUT2D eigenvalue weighted by molar-refractivity contribution is -0.139. The van der Waals surface area contributed by atoms with Crippen LogP contribution in [0.1, 0.15) is 81.5 Å². The largest absolute Gasteiger partial charge is 0.469 e. The van der Waals surface area contributed by atoms with Gasteiger partial charge in [-0.15, -0.1) is 11.3 Å². The summed E-state index contributed by atoms with van der Waals surface area (Å²) in [7, 11) is 1.41. The minimum absolute atomic E-state index is 0.0190. The van der Waals surface area contributed by atoms with Gasteiger partial charge in [-0.3, -0.25) is 9.59 Å². The number of thiophene rings is 1. The zero-order valence-corrected chi connectivity index (χ0v) is 24.2. The molecule has 5 nitrogen and oxygen atoms in total. The van der Waals surface area contributed by atoms with E-state index < -0.39 is 0 Å². The first-order valence-electron chi connectivity index (χ1n) is 13.8. The van der Waals surface area contributed by atoms with Crippen LogP contribution in [-0.2, 0) is 32.1 Å². The summed E-state index contributed by atoms with van der Waals surface area (Å²) in [6.45, 7) is 9.08. The van der Waals surface area contributed by atoms with E-state index in [2.05, 4.69) is 51.7 Å². The molecule has 0 bridgehead atoms. The quantitative estimate of drug-likeness (QED) is 0.277. The maximum atomic E-state index is 14.1. The predicted molar refractivity (Wildman–Crippen MR) is 153 cm³/mol. The van der Waals surface area contributed by atoms with Crippen molar-refractivity contribution in [3.63, 3.8) is 0 Å². The van der Waals surface area contributed by atoms with Crippen LogP contribution < -0.4 is 4.90 Å². The van der Waals surface area contributed by atoms with E-state index in [9.17, 15) is 9.59 Å². The molecule has 0 saturated heterocycles. The van der Waals surface area contributed by atoms with Gasteiger partial charge in [0.1, 0.15) is 0 Å². The summed E-state index contributed by atoms with van der Waals surface area (Å²) in [6.07, 6.45) is 5.84. The molecule has 0 aliphatic heterocycles. The Morgan fingerprint density at radius 3 is 2.39 bits per heavy atom. The first-order chi connectivity index (χ1) is 18.1. The molecule has 0 atom stereocenters. The Morgan fingerprint density at radius 2 is 1.76 bits per heavy atom. The van der Waals surface area contributed by atoms with Gasteiger partial charge in [0.05, 0.1) is 36.8 Å². The number of benzene rings is 1. The van der Waals surface area contributed by atoms with Crippen LogP contribution in [0.2, 0.25) is 0 Å². The van der Waals surface area contributed by atoms with Crippen LogP contribution >= 0.6 is 11.3 Å². The van der Waals surface area contributed by atoms with Crippen molar-refractivity contribution in [2.75, 3.05) is 12.0 Å². The van der Waals surface area contributed by atoms with E-state index in [1.807, 2.05) is 29.2 Å². The van der Waals surface area contributed by atoms with Crippen LogP contribution in [-0.4, -0.2) is 31.1 Å². The highest BCUT2D eigenvalue weighted by Gasteiger charge is 2.41. The Hall–Kier alpha value is -2.62. The molecule has 0 N–H and O–H groups in total. The average Bonchev–Trinajstić information content (AvgIpc) is 3.26. The molecule has 2 aliphatic carbocycles. The highest BCUT2D eigenvalue weighted by molar-refractivity contribution is 7.13. The van der Waals surface area contributed by atoms with Gasteiger partial charge in [0.2, 0.25) is 5.91 Å². The third-order valence-corrected chi connectivity index (χ3v) is 8.55. The summed E-state index contributed by atoms with van der Waals surface area (Å²) >= 11 is 1.50. The van der Waals surface area contributed by atoms with Gasteiger partial charge >= 0.3 is 5.97 Å². The maximum absolute atomic E-state index is 14.1. The van der Waals surface area contributed by atoms with E-state index in [1.54, 1.807) is 0 Å². The van der Waals surface area contributed by atoms with E-state index in [0.29, 0.717) is 12.5 Å². The summed E-state index contributed by atoms with van der Waals surface area (Å²) in [4.78, 5) is 30.2. The molecule has 1 aromatic heterocycles. The third-order valence-electron chi connectivity index (χ3n) is 7.51. The highest BCUT2D eigenvalue weighted by Crippen LogP contribution is 2.41. The molecule has 6 heteroatoms. The van der Waals surface area contributed by atoms with Gasteiger partial charge in [0.25, 0.3) is 0 Å². The highest BCUT2D eigenvalue weighted by atomic mass is 32.1. The van der Waals surface area contributed by atoms with Gasteiger partial charge in [0, 0.05) is 22.3 Å². The lowest BCUT2D eigenvalue weighted by Gasteiger charge is -2.44. The number of amides is 1. The number of carbonyl (C=O) groups excluding carboxylic acids is 2. The van der Waals surface area contributed by atoms with Gasteiger partial charge in [-0.05, 0) is 76.8 Å². The Balaban J connectivity index is 1.59. The third kappa shape index (κ3) is 7.48. The summed E-state index contributed by atoms with van der Waals surface area (Å²) in [5.41, 5.74) is 1.84. The van der Waals surface area contributed by atoms with Crippen LogP contribution in [0, 0.1) is 29.1 Å². The Kier molecular flexibility index (Phi) is 9.33. The van der Waals surface area contributed by atoms with Gasteiger partial charge in [0.15, 0.2) is 0 Å². The number of esters is 1. The molecular weight excluding hydrogens is 494 g/mol. The molecule has 2 aromatic rings. The Labute approximate surface area is 231 Å². The van der Waals surface area contributed by atoms with E-state index in [1.165, 1.54) is 18.4 Å². The van der Waals surface area contributed by atoms with Crippen molar-refractivity contribution < 1.29 is 19.1 Å². The van der Waals surface area contributed by atoms with E-state index in [4.69, 9.17) is 9.47 Å². The summed E-state index contributed by atoms with van der Waals surface area (Å²) in [5, 5.41) is 0. The van der Waals surface area contributed by atoms with Gasteiger partial charge in [-0.1, -0.05) is 49.1 Å². The zero-order chi connectivity index (χ0) is 27.3. The molecule has 1 heterocycles. The number of hydrogen-bond donors (Lipinski definition) is 0. The minimum atomic E-state index is -0.306. The van der Waals surface area contributed by atoms with Crippen LogP contribution in [0.25, 0.3) is 0 Å². The van der Waals surface area contributed by atoms with Crippen LogP contribution in [0.15, 0.2) is 36.4 Å². The molecule has 1 aromatic carbocycles. The van der Waals surface area contributed by atoms with E-state index >= 15 is 0 Å². The number of methoxy groups -OCH3 is 1. The SMILES string of the molecule is COC(=O)Cc1sc(C#CC(C)(C)C)cc1N(C(=O)C1CCC(C)CC1)C1CC(OCc2ccccc2)C1. The molecular formula is C32H41NO4S. The Morgan fingerprint density at radius 1 is 1.08 bits per heavy atom. The lowest BCUT2D eigenvalue weighted by Crippen LogP contribution is -2.53. The normalized spacial score (nSPS) is 23.1. The summed E-state index contributed by atoms with van der Waals surface area (Å²) < 4.78 is 11.2. The number of rotatable bonds is 8. The van der Waals surface area contributed by atoms with Crippen molar-refractivity contribution >= 4 is 28.9 Å². The second kappa shape index (κ2) is 12.5. The van der Waals surface area contributed by atoms with Crippen molar-refractivity contribution in [1.29, 1.82) is 0 Å². The molecule has 204 valence electrons. The minimum Gasteiger partial charge on any atom is -0.469 e. The van der Waals surface area contributed by atoms with Crippen molar-refractivity contribution in [1.82, 2.24) is 0 Å². The molecule has 0 unspecified atom stereocenters. The fourth-order valence-corrected chi connectivity index (χ4v) is 6.13. The van der Waals surface area contributed by atoms with Crippen molar-refractivity contribution in [3.05, 3.63) is 51.7 Å². The number of carbonyl (C=O) groups is 2. The number of nitrogens with zero attached hydrogens (tertiary/aromatic N) is 1. The molecule has 2 saturated carbocycles. The predicted octanol–water partition coefficient (Wildman–Crippen LogP) is 6.77. The fraction of sp³-hybridized carbons (Fsp3) is 0.562. The monoisotopic (exact) mass is 535 g/mol. The van der Waals surface area contributed by atoms with Gasteiger partial charge in [-0.25, -0.2) is 0 Å². The van der Waals surface area contributed by atoms with Crippen LogP contribution in [0.5, 0.6) is 0 Å². The molecule has 0 radical (unpaired) electrons. The molecule has 2 aliphatic rings. The van der Waals surface area contributed by atoms with Gasteiger partial charge in [-0.2, -0.15) is 0 Å². The first kappa shape index (κ1) is 28.4. The second-order valence-electron chi connectivity index (χ2n) is 11.9. The van der Waals surface area contributed by atoms with Gasteiger partial charge < -0.3 is 14.4 Å². The summed E-state index contributed by atoms with van der Waals surface area (Å²) in [5.74, 6) is 7.16. The first-order valence-corrected chi connectivity index (χ1v) is 14.7. The number of ether oxygens (including phenoxy) is 2. The smallest absolute Gasteiger partial charge is 0.310 e. The molecule has 0 spiro atoms. The fourth-order valence-electron chi connectivity index (χ4n) is 5.14. The topological polar surface area (TPSA) is 55.8 Å². The van der Waals surface area contributed by atoms with Crippen molar-refractivity contribution in [3.8, 4) is 11.8 Å². The molecule has 4 rings (SSSR count). The van der Waals surface area contributed by atoms with Crippen LogP contribution in [0.3, 0.4) is 0 Å². The Bertz CT molecular complexity index is 1160. The standard InChI is InChI=1S/C32H41NO4S/c1-22-11-13-24(14-12-22)31(35)33(25-17-26(18-25)37-21-23-9-7-6-8-10-23)28-19-27(15-16-32(2,3)4)38-29(28)20-30(34)36-5/h6-10,19,22,24-26H,11-14,17-18,20-21H2,1-5H3. The number of hydrogen-bond acceptors (Lipinski definition) is 5.